The molecule has 1 aliphatic heterocycles. The predicted octanol–water partition coefficient (Wildman–Crippen LogP) is 3.87. The lowest BCUT2D eigenvalue weighted by molar-refractivity contribution is -0.113. The molecule has 8 nitrogen and oxygen atoms in total. The van der Waals surface area contributed by atoms with E-state index < -0.39 is 17.4 Å². The number of H-pyrrole nitrogens is 1. The van der Waals surface area contributed by atoms with Crippen LogP contribution in [0.25, 0.3) is 10.9 Å². The number of nitriles is 1. The Hall–Kier alpha value is -4.51. The standard InChI is InChI=1S/C26H24N4O4/c1-13-9-16-11-17(25(31)30-20(16)10-14(13)2)23-18(12-27)24(28)34-15(3)22(23)26(32)29-19-7-5-6-8-21(19)33-4/h5-11,23H,28H2,1-4H3,(H,29,32)(H,30,31). The van der Waals surface area contributed by atoms with E-state index in [0.717, 1.165) is 16.5 Å². The molecule has 1 aliphatic rings. The van der Waals surface area contributed by atoms with Gasteiger partial charge in [0.15, 0.2) is 0 Å². The number of methoxy groups -OCH3 is 1. The van der Waals surface area contributed by atoms with Crippen molar-refractivity contribution in [2.24, 2.45) is 5.73 Å². The molecule has 3 aromatic rings. The van der Waals surface area contributed by atoms with Gasteiger partial charge >= 0.3 is 0 Å². The maximum atomic E-state index is 13.5. The molecule has 1 aromatic heterocycles. The minimum Gasteiger partial charge on any atom is -0.495 e. The van der Waals surface area contributed by atoms with Gasteiger partial charge in [-0.1, -0.05) is 12.1 Å². The second kappa shape index (κ2) is 8.79. The average Bonchev–Trinajstić information content (AvgIpc) is 2.79. The molecule has 0 spiro atoms. The highest BCUT2D eigenvalue weighted by atomic mass is 16.5. The minimum absolute atomic E-state index is 0.00976. The summed E-state index contributed by atoms with van der Waals surface area (Å²) >= 11 is 0. The number of nitrogens with one attached hydrogen (secondary N) is 2. The molecule has 0 aliphatic carbocycles. The summed E-state index contributed by atoms with van der Waals surface area (Å²) in [5, 5.41) is 13.5. The van der Waals surface area contributed by atoms with Crippen LogP contribution in [0.3, 0.4) is 0 Å². The van der Waals surface area contributed by atoms with Crippen LogP contribution >= 0.6 is 0 Å². The number of rotatable bonds is 4. The lowest BCUT2D eigenvalue weighted by atomic mass is 9.82. The van der Waals surface area contributed by atoms with Crippen LogP contribution in [0.1, 0.15) is 29.5 Å². The van der Waals surface area contributed by atoms with Gasteiger partial charge in [0.25, 0.3) is 11.5 Å². The summed E-state index contributed by atoms with van der Waals surface area (Å²) in [6.45, 7) is 5.51. The number of nitrogens with zero attached hydrogens (tertiary/aromatic N) is 1. The molecule has 172 valence electrons. The van der Waals surface area contributed by atoms with Crippen LogP contribution in [-0.2, 0) is 9.53 Å². The topological polar surface area (TPSA) is 130 Å². The van der Waals surface area contributed by atoms with E-state index in [9.17, 15) is 14.9 Å². The molecular formula is C26H24N4O4. The Bertz CT molecular complexity index is 1490. The van der Waals surface area contributed by atoms with Gasteiger partial charge in [-0.15, -0.1) is 0 Å². The van der Waals surface area contributed by atoms with Crippen molar-refractivity contribution in [1.29, 1.82) is 5.26 Å². The second-order valence-corrected chi connectivity index (χ2v) is 8.13. The number of benzene rings is 2. The van der Waals surface area contributed by atoms with Crippen molar-refractivity contribution >= 4 is 22.5 Å². The number of amides is 1. The smallest absolute Gasteiger partial charge is 0.256 e. The van der Waals surface area contributed by atoms with Crippen molar-refractivity contribution in [2.75, 3.05) is 12.4 Å². The summed E-state index contributed by atoms with van der Waals surface area (Å²) in [6, 6.07) is 14.5. The van der Waals surface area contributed by atoms with Crippen molar-refractivity contribution in [3.05, 3.63) is 92.3 Å². The van der Waals surface area contributed by atoms with Crippen molar-refractivity contribution in [3.8, 4) is 11.8 Å². The third kappa shape index (κ3) is 3.88. The molecule has 0 radical (unpaired) electrons. The molecule has 1 atom stereocenters. The van der Waals surface area contributed by atoms with Gasteiger partial charge in [-0.3, -0.25) is 9.59 Å². The quantitative estimate of drug-likeness (QED) is 0.546. The zero-order valence-electron chi connectivity index (χ0n) is 19.3. The van der Waals surface area contributed by atoms with Crippen LogP contribution in [0.4, 0.5) is 5.69 Å². The molecule has 1 amide bonds. The monoisotopic (exact) mass is 456 g/mol. The number of hydrogen-bond acceptors (Lipinski definition) is 6. The van der Waals surface area contributed by atoms with Crippen molar-refractivity contribution < 1.29 is 14.3 Å². The number of fused-ring (bicyclic) bond motifs is 1. The first kappa shape index (κ1) is 22.7. The Balaban J connectivity index is 1.88. The number of para-hydroxylation sites is 2. The predicted molar refractivity (Wildman–Crippen MR) is 129 cm³/mol. The first-order chi connectivity index (χ1) is 16.2. The van der Waals surface area contributed by atoms with E-state index >= 15 is 0 Å². The molecule has 0 fully saturated rings. The van der Waals surface area contributed by atoms with Crippen LogP contribution in [0.2, 0.25) is 0 Å². The molecule has 0 saturated carbocycles. The van der Waals surface area contributed by atoms with Crippen LogP contribution in [-0.4, -0.2) is 18.0 Å². The fraction of sp³-hybridized carbons (Fsp3) is 0.192. The first-order valence-electron chi connectivity index (χ1n) is 10.6. The maximum absolute atomic E-state index is 13.5. The van der Waals surface area contributed by atoms with Crippen LogP contribution < -0.4 is 21.3 Å². The highest BCUT2D eigenvalue weighted by Gasteiger charge is 2.37. The van der Waals surface area contributed by atoms with E-state index in [1.165, 1.54) is 7.11 Å². The van der Waals surface area contributed by atoms with Crippen molar-refractivity contribution in [3.63, 3.8) is 0 Å². The molecule has 2 aromatic carbocycles. The molecular weight excluding hydrogens is 432 g/mol. The number of hydrogen-bond donors (Lipinski definition) is 3. The number of carbonyl (C=O) groups excluding carboxylic acids is 1. The Morgan fingerprint density at radius 3 is 2.59 bits per heavy atom. The largest absolute Gasteiger partial charge is 0.495 e. The minimum atomic E-state index is -1.01. The van der Waals surface area contributed by atoms with E-state index in [-0.39, 0.29) is 28.4 Å². The Labute approximate surface area is 196 Å². The molecule has 0 bridgehead atoms. The number of pyridine rings is 1. The number of nitrogens with two attached hydrogens (primary N) is 1. The average molecular weight is 457 g/mol. The van der Waals surface area contributed by atoms with E-state index in [4.69, 9.17) is 15.2 Å². The fourth-order valence-corrected chi connectivity index (χ4v) is 4.13. The molecule has 0 saturated heterocycles. The van der Waals surface area contributed by atoms with Crippen LogP contribution in [0.5, 0.6) is 5.75 Å². The normalized spacial score (nSPS) is 15.7. The zero-order valence-corrected chi connectivity index (χ0v) is 19.3. The zero-order chi connectivity index (χ0) is 24.6. The number of allylic oxidation sites excluding steroid dienone is 2. The van der Waals surface area contributed by atoms with Gasteiger partial charge in [-0.2, -0.15) is 5.26 Å². The van der Waals surface area contributed by atoms with Crippen LogP contribution in [0.15, 0.2) is 70.0 Å². The number of aromatic amines is 1. The third-order valence-electron chi connectivity index (χ3n) is 6.00. The molecule has 1 unspecified atom stereocenters. The second-order valence-electron chi connectivity index (χ2n) is 8.13. The van der Waals surface area contributed by atoms with E-state index in [1.54, 1.807) is 37.3 Å². The van der Waals surface area contributed by atoms with Gasteiger partial charge in [0, 0.05) is 11.1 Å². The fourth-order valence-electron chi connectivity index (χ4n) is 4.13. The van der Waals surface area contributed by atoms with Gasteiger partial charge in [0.05, 0.1) is 24.3 Å². The molecule has 34 heavy (non-hydrogen) atoms. The summed E-state index contributed by atoms with van der Waals surface area (Å²) in [5.74, 6) is -1.02. The molecule has 4 rings (SSSR count). The Morgan fingerprint density at radius 1 is 1.18 bits per heavy atom. The van der Waals surface area contributed by atoms with Gasteiger partial charge < -0.3 is 25.5 Å². The summed E-state index contributed by atoms with van der Waals surface area (Å²) in [7, 11) is 1.50. The molecule has 8 heteroatoms. The molecule has 2 heterocycles. The van der Waals surface area contributed by atoms with Crippen molar-refractivity contribution in [1.82, 2.24) is 4.98 Å². The SMILES string of the molecule is COc1ccccc1NC(=O)C1=C(C)OC(N)=C(C#N)C1c1cc2cc(C)c(C)cc2[nH]c1=O. The number of anilines is 1. The summed E-state index contributed by atoms with van der Waals surface area (Å²) in [5.41, 5.74) is 9.12. The third-order valence-corrected chi connectivity index (χ3v) is 6.00. The van der Waals surface area contributed by atoms with Gasteiger partial charge in [0.1, 0.15) is 23.2 Å². The lowest BCUT2D eigenvalue weighted by Crippen LogP contribution is -2.31. The van der Waals surface area contributed by atoms with E-state index in [2.05, 4.69) is 10.3 Å². The number of ether oxygens (including phenoxy) is 2. The number of carbonyl (C=O) groups is 1. The highest BCUT2D eigenvalue weighted by molar-refractivity contribution is 6.06. The van der Waals surface area contributed by atoms with E-state index in [1.807, 2.05) is 32.0 Å². The summed E-state index contributed by atoms with van der Waals surface area (Å²) in [4.78, 5) is 29.6. The maximum Gasteiger partial charge on any atom is 0.256 e. The van der Waals surface area contributed by atoms with Gasteiger partial charge in [0.2, 0.25) is 5.88 Å². The lowest BCUT2D eigenvalue weighted by Gasteiger charge is -2.27. The Morgan fingerprint density at radius 2 is 1.88 bits per heavy atom. The summed E-state index contributed by atoms with van der Waals surface area (Å²) < 4.78 is 10.9. The Kier molecular flexibility index (Phi) is 5.86. The van der Waals surface area contributed by atoms with E-state index in [0.29, 0.717) is 17.0 Å². The van der Waals surface area contributed by atoms with Gasteiger partial charge in [-0.05, 0) is 67.6 Å². The number of aromatic nitrogens is 1. The van der Waals surface area contributed by atoms with Crippen LogP contribution in [0, 0.1) is 25.2 Å². The highest BCUT2D eigenvalue weighted by Crippen LogP contribution is 2.39. The first-order valence-corrected chi connectivity index (χ1v) is 10.6. The number of aryl methyl sites for hydroxylation is 2. The molecule has 4 N–H and O–H groups in total. The van der Waals surface area contributed by atoms with Gasteiger partial charge in [-0.25, -0.2) is 0 Å². The summed E-state index contributed by atoms with van der Waals surface area (Å²) in [6.07, 6.45) is 0. The van der Waals surface area contributed by atoms with Crippen molar-refractivity contribution in [2.45, 2.75) is 26.7 Å².